The fourth-order valence-corrected chi connectivity index (χ4v) is 0.447. The lowest BCUT2D eigenvalue weighted by atomic mass is 10.3. The van der Waals surface area contributed by atoms with Gasteiger partial charge in [0.15, 0.2) is 0 Å². The summed E-state index contributed by atoms with van der Waals surface area (Å²) >= 11 is 0. The Labute approximate surface area is 57.6 Å². The van der Waals surface area contributed by atoms with Gasteiger partial charge in [-0.15, -0.1) is 5.73 Å². The van der Waals surface area contributed by atoms with Crippen LogP contribution < -0.4 is 0 Å². The first-order valence-electron chi connectivity index (χ1n) is 3.44. The van der Waals surface area contributed by atoms with Gasteiger partial charge >= 0.3 is 0 Å². The highest BCUT2D eigenvalue weighted by atomic mass is 13.7. The molecule has 0 unspecified atom stereocenters. The summed E-state index contributed by atoms with van der Waals surface area (Å²) in [4.78, 5) is 0. The highest BCUT2D eigenvalue weighted by Crippen LogP contribution is 1.85. The van der Waals surface area contributed by atoms with E-state index in [-0.39, 0.29) is 0 Å². The van der Waals surface area contributed by atoms with Crippen molar-refractivity contribution in [2.75, 3.05) is 0 Å². The lowest BCUT2D eigenvalue weighted by Crippen LogP contribution is -1.55. The first-order valence-corrected chi connectivity index (χ1v) is 3.44. The molecule has 0 amide bonds. The zero-order valence-electron chi connectivity index (χ0n) is 6.22. The Hall–Kier alpha value is -0.740. The van der Waals surface area contributed by atoms with E-state index < -0.39 is 0 Å². The third kappa shape index (κ3) is 7.26. The average molecular weight is 122 g/mol. The third-order valence-corrected chi connectivity index (χ3v) is 0.936. The maximum Gasteiger partial charge on any atom is -0.0206 e. The van der Waals surface area contributed by atoms with E-state index in [1.54, 1.807) is 0 Å². The molecule has 0 aliphatic rings. The van der Waals surface area contributed by atoms with Crippen LogP contribution in [0, 0.1) is 0 Å². The molecular weight excluding hydrogens is 108 g/mol. The van der Waals surface area contributed by atoms with Gasteiger partial charge in [-0.25, -0.2) is 0 Å². The summed E-state index contributed by atoms with van der Waals surface area (Å²) in [7, 11) is 0. The molecule has 0 fully saturated rings. The van der Waals surface area contributed by atoms with Crippen molar-refractivity contribution < 1.29 is 0 Å². The molecule has 0 aliphatic heterocycles. The zero-order valence-corrected chi connectivity index (χ0v) is 6.22. The number of allylic oxidation sites excluding steroid dienone is 3. The largest absolute Gasteiger partial charge is 0.125 e. The van der Waals surface area contributed by atoms with E-state index in [1.807, 2.05) is 25.2 Å². The summed E-state index contributed by atoms with van der Waals surface area (Å²) in [6.07, 6.45) is 10.3. The monoisotopic (exact) mass is 122 g/mol. The molecule has 0 saturated heterocycles. The van der Waals surface area contributed by atoms with E-state index in [0.717, 1.165) is 6.42 Å². The summed E-state index contributed by atoms with van der Waals surface area (Å²) < 4.78 is 0. The van der Waals surface area contributed by atoms with Gasteiger partial charge in [-0.3, -0.25) is 0 Å². The molecule has 0 aliphatic carbocycles. The van der Waals surface area contributed by atoms with Crippen molar-refractivity contribution in [2.24, 2.45) is 0 Å². The molecule has 9 heavy (non-hydrogen) atoms. The van der Waals surface area contributed by atoms with Crippen LogP contribution in [0.4, 0.5) is 0 Å². The van der Waals surface area contributed by atoms with Crippen LogP contribution in [-0.4, -0.2) is 0 Å². The maximum absolute atomic E-state index is 3.05. The standard InChI is InChI=1S/C9H14/c1-3-5-7-9-8-6-4-2/h3,5,7-8H,4,6H2,1-2H3/b5-3-. The molecule has 0 aromatic rings. The lowest BCUT2D eigenvalue weighted by Gasteiger charge is -1.75. The van der Waals surface area contributed by atoms with Gasteiger partial charge in [-0.05, 0) is 25.5 Å². The van der Waals surface area contributed by atoms with Crippen molar-refractivity contribution >= 4 is 0 Å². The zero-order chi connectivity index (χ0) is 6.95. The second-order valence-corrected chi connectivity index (χ2v) is 1.85. The summed E-state index contributed by atoms with van der Waals surface area (Å²) in [6, 6.07) is 0. The first kappa shape index (κ1) is 8.26. The molecule has 0 heteroatoms. The molecular formula is C9H14. The van der Waals surface area contributed by atoms with Crippen LogP contribution in [0.2, 0.25) is 0 Å². The smallest absolute Gasteiger partial charge is 0.0206 e. The normalized spacial score (nSPS) is 9.11. The van der Waals surface area contributed by atoms with Crippen molar-refractivity contribution in [3.63, 3.8) is 0 Å². The predicted octanol–water partition coefficient (Wildman–Crippen LogP) is 3.07. The molecule has 0 N–H and O–H groups in total. The number of hydrogen-bond donors (Lipinski definition) is 0. The summed E-state index contributed by atoms with van der Waals surface area (Å²) in [5.41, 5.74) is 3.05. The van der Waals surface area contributed by atoms with Crippen LogP contribution in [0.1, 0.15) is 26.7 Å². The van der Waals surface area contributed by atoms with Gasteiger partial charge in [0.05, 0.1) is 0 Å². The average Bonchev–Trinajstić information content (AvgIpc) is 1.89. The quantitative estimate of drug-likeness (QED) is 0.398. The molecule has 0 atom stereocenters. The molecule has 0 aromatic carbocycles. The minimum absolute atomic E-state index is 1.13. The molecule has 0 saturated carbocycles. The molecule has 0 bridgehead atoms. The van der Waals surface area contributed by atoms with Crippen molar-refractivity contribution in [2.45, 2.75) is 26.7 Å². The lowest BCUT2D eigenvalue weighted by molar-refractivity contribution is 0.960. The number of rotatable bonds is 3. The summed E-state index contributed by atoms with van der Waals surface area (Å²) in [6.45, 7) is 4.16. The minimum Gasteiger partial charge on any atom is -0.125 e. The Bertz CT molecular complexity index is 123. The van der Waals surface area contributed by atoms with Crippen LogP contribution in [0.3, 0.4) is 0 Å². The van der Waals surface area contributed by atoms with Crippen molar-refractivity contribution in [3.8, 4) is 0 Å². The molecule has 50 valence electrons. The van der Waals surface area contributed by atoms with Crippen LogP contribution in [0.15, 0.2) is 30.0 Å². The predicted molar refractivity (Wildman–Crippen MR) is 42.4 cm³/mol. The van der Waals surface area contributed by atoms with E-state index in [1.165, 1.54) is 6.42 Å². The van der Waals surface area contributed by atoms with E-state index in [9.17, 15) is 0 Å². The summed E-state index contributed by atoms with van der Waals surface area (Å²) in [5, 5.41) is 0. The SMILES string of the molecule is C/C=C\C=C=CCCC. The number of unbranched alkanes of at least 4 members (excludes halogenated alkanes) is 1. The second-order valence-electron chi connectivity index (χ2n) is 1.85. The van der Waals surface area contributed by atoms with Crippen LogP contribution >= 0.6 is 0 Å². The van der Waals surface area contributed by atoms with E-state index >= 15 is 0 Å². The van der Waals surface area contributed by atoms with Gasteiger partial charge in [0.1, 0.15) is 0 Å². The fourth-order valence-electron chi connectivity index (χ4n) is 0.447. The Balaban J connectivity index is 3.41. The van der Waals surface area contributed by atoms with Crippen LogP contribution in [0.5, 0.6) is 0 Å². The second kappa shape index (κ2) is 7.26. The fraction of sp³-hybridized carbons (Fsp3) is 0.444. The Kier molecular flexibility index (Phi) is 6.66. The van der Waals surface area contributed by atoms with Gasteiger partial charge < -0.3 is 0 Å². The topological polar surface area (TPSA) is 0 Å². The van der Waals surface area contributed by atoms with Gasteiger partial charge in [0, 0.05) is 0 Å². The molecule has 0 radical (unpaired) electrons. The van der Waals surface area contributed by atoms with Gasteiger partial charge in [-0.2, -0.15) is 0 Å². The van der Waals surface area contributed by atoms with Crippen LogP contribution in [-0.2, 0) is 0 Å². The Morgan fingerprint density at radius 1 is 1.44 bits per heavy atom. The van der Waals surface area contributed by atoms with Crippen molar-refractivity contribution in [3.05, 3.63) is 30.0 Å². The number of hydrogen-bond acceptors (Lipinski definition) is 0. The van der Waals surface area contributed by atoms with Crippen molar-refractivity contribution in [1.29, 1.82) is 0 Å². The molecule has 0 spiro atoms. The third-order valence-electron chi connectivity index (χ3n) is 0.936. The van der Waals surface area contributed by atoms with Gasteiger partial charge in [0.25, 0.3) is 0 Å². The Morgan fingerprint density at radius 2 is 2.22 bits per heavy atom. The van der Waals surface area contributed by atoms with E-state index in [0.29, 0.717) is 0 Å². The minimum atomic E-state index is 1.13. The molecule has 0 nitrogen and oxygen atoms in total. The van der Waals surface area contributed by atoms with Gasteiger partial charge in [-0.1, -0.05) is 25.5 Å². The Morgan fingerprint density at radius 3 is 2.78 bits per heavy atom. The first-order chi connectivity index (χ1) is 4.41. The van der Waals surface area contributed by atoms with E-state index in [4.69, 9.17) is 0 Å². The van der Waals surface area contributed by atoms with E-state index in [2.05, 4.69) is 18.7 Å². The molecule has 0 aromatic heterocycles. The highest BCUT2D eigenvalue weighted by molar-refractivity contribution is 5.00. The summed E-state index contributed by atoms with van der Waals surface area (Å²) in [5.74, 6) is 0. The molecule has 0 rings (SSSR count). The van der Waals surface area contributed by atoms with Crippen LogP contribution in [0.25, 0.3) is 0 Å². The van der Waals surface area contributed by atoms with Crippen molar-refractivity contribution in [1.82, 2.24) is 0 Å². The van der Waals surface area contributed by atoms with Gasteiger partial charge in [0.2, 0.25) is 0 Å². The molecule has 0 heterocycles. The highest BCUT2D eigenvalue weighted by Gasteiger charge is 1.65. The maximum atomic E-state index is 3.05.